The van der Waals surface area contributed by atoms with E-state index in [1.165, 1.54) is 7.11 Å². The highest BCUT2D eigenvalue weighted by Crippen LogP contribution is 2.30. The topological polar surface area (TPSA) is 47.6 Å². The van der Waals surface area contributed by atoms with Gasteiger partial charge in [-0.2, -0.15) is 0 Å². The van der Waals surface area contributed by atoms with Crippen LogP contribution in [0.4, 0.5) is 10.5 Å². The van der Waals surface area contributed by atoms with Crippen molar-refractivity contribution >= 4 is 23.4 Å². The quantitative estimate of drug-likeness (QED) is 0.887. The lowest BCUT2D eigenvalue weighted by atomic mass is 10.2. The Morgan fingerprint density at radius 3 is 2.75 bits per heavy atom. The number of ether oxygens (including phenoxy) is 2. The van der Waals surface area contributed by atoms with Crippen LogP contribution in [-0.4, -0.2) is 19.8 Å². The fourth-order valence-electron chi connectivity index (χ4n) is 1.22. The van der Waals surface area contributed by atoms with Gasteiger partial charge in [-0.15, -0.1) is 0 Å². The van der Waals surface area contributed by atoms with Gasteiger partial charge in [-0.25, -0.2) is 4.79 Å². The maximum Gasteiger partial charge on any atom is 0.411 e. The van der Waals surface area contributed by atoms with E-state index >= 15 is 0 Å². The molecule has 0 bridgehead atoms. The largest absolute Gasteiger partial charge is 0.492 e. The molecule has 1 N–H and O–H groups in total. The van der Waals surface area contributed by atoms with Crippen LogP contribution in [0.1, 0.15) is 12.5 Å². The molecule has 1 aromatic rings. The van der Waals surface area contributed by atoms with Crippen LogP contribution in [-0.2, 0) is 4.74 Å². The zero-order valence-electron chi connectivity index (χ0n) is 9.46. The minimum atomic E-state index is -0.525. The van der Waals surface area contributed by atoms with E-state index < -0.39 is 6.09 Å². The third-order valence-corrected chi connectivity index (χ3v) is 2.30. The molecule has 0 saturated heterocycles. The first kappa shape index (κ1) is 12.6. The smallest absolute Gasteiger partial charge is 0.411 e. The number of anilines is 1. The van der Waals surface area contributed by atoms with Crippen molar-refractivity contribution < 1.29 is 14.3 Å². The number of hydrogen-bond acceptors (Lipinski definition) is 3. The van der Waals surface area contributed by atoms with E-state index in [0.29, 0.717) is 23.1 Å². The number of methoxy groups -OCH3 is 1. The molecule has 0 radical (unpaired) electrons. The van der Waals surface area contributed by atoms with Crippen molar-refractivity contribution in [2.45, 2.75) is 13.8 Å². The second-order valence-corrected chi connectivity index (χ2v) is 3.55. The number of benzene rings is 1. The fraction of sp³-hybridized carbons (Fsp3) is 0.364. The minimum absolute atomic E-state index is 0.457. The van der Waals surface area contributed by atoms with E-state index in [1.807, 2.05) is 13.8 Å². The average molecular weight is 244 g/mol. The predicted molar refractivity (Wildman–Crippen MR) is 63.4 cm³/mol. The Balaban J connectivity index is 2.96. The number of halogens is 1. The van der Waals surface area contributed by atoms with Crippen molar-refractivity contribution in [3.8, 4) is 5.75 Å². The highest BCUT2D eigenvalue weighted by molar-refractivity contribution is 6.32. The third kappa shape index (κ3) is 3.03. The maximum absolute atomic E-state index is 11.0. The minimum Gasteiger partial charge on any atom is -0.492 e. The number of amides is 1. The van der Waals surface area contributed by atoms with Gasteiger partial charge in [0.05, 0.1) is 18.7 Å². The highest BCUT2D eigenvalue weighted by Gasteiger charge is 2.09. The summed E-state index contributed by atoms with van der Waals surface area (Å²) in [4.78, 5) is 11.0. The SMILES string of the molecule is CCOc1cc(C)c(NC(=O)OC)cc1Cl. The molecule has 0 spiro atoms. The summed E-state index contributed by atoms with van der Waals surface area (Å²) in [6.07, 6.45) is -0.525. The van der Waals surface area contributed by atoms with Crippen LogP contribution in [0.5, 0.6) is 5.75 Å². The predicted octanol–water partition coefficient (Wildman–Crippen LogP) is 3.23. The van der Waals surface area contributed by atoms with Crippen LogP contribution < -0.4 is 10.1 Å². The van der Waals surface area contributed by atoms with Crippen molar-refractivity contribution in [2.75, 3.05) is 19.0 Å². The summed E-state index contributed by atoms with van der Waals surface area (Å²) >= 11 is 5.99. The van der Waals surface area contributed by atoms with Crippen molar-refractivity contribution in [3.05, 3.63) is 22.7 Å². The number of carbonyl (C=O) groups is 1. The molecule has 0 saturated carbocycles. The Morgan fingerprint density at radius 1 is 1.50 bits per heavy atom. The lowest BCUT2D eigenvalue weighted by molar-refractivity contribution is 0.187. The van der Waals surface area contributed by atoms with Gasteiger partial charge in [-0.3, -0.25) is 5.32 Å². The van der Waals surface area contributed by atoms with Gasteiger partial charge >= 0.3 is 6.09 Å². The van der Waals surface area contributed by atoms with Gasteiger partial charge in [0.2, 0.25) is 0 Å². The van der Waals surface area contributed by atoms with Crippen molar-refractivity contribution in [3.63, 3.8) is 0 Å². The van der Waals surface area contributed by atoms with E-state index in [0.717, 1.165) is 5.56 Å². The first-order valence-electron chi connectivity index (χ1n) is 4.86. The second kappa shape index (κ2) is 5.61. The van der Waals surface area contributed by atoms with Crippen LogP contribution >= 0.6 is 11.6 Å². The Morgan fingerprint density at radius 2 is 2.19 bits per heavy atom. The van der Waals surface area contributed by atoms with E-state index in [1.54, 1.807) is 12.1 Å². The Hall–Kier alpha value is -1.42. The molecule has 0 atom stereocenters. The Kier molecular flexibility index (Phi) is 4.43. The molecule has 0 heterocycles. The van der Waals surface area contributed by atoms with Gasteiger partial charge < -0.3 is 9.47 Å². The monoisotopic (exact) mass is 243 g/mol. The molecular weight excluding hydrogens is 230 g/mol. The van der Waals surface area contributed by atoms with E-state index in [2.05, 4.69) is 10.1 Å². The second-order valence-electron chi connectivity index (χ2n) is 3.15. The molecule has 1 amide bonds. The zero-order chi connectivity index (χ0) is 12.1. The molecule has 4 nitrogen and oxygen atoms in total. The number of aryl methyl sites for hydroxylation is 1. The fourth-order valence-corrected chi connectivity index (χ4v) is 1.44. The molecule has 0 aromatic heterocycles. The molecule has 16 heavy (non-hydrogen) atoms. The number of nitrogens with one attached hydrogen (secondary N) is 1. The van der Waals surface area contributed by atoms with Crippen LogP contribution in [0.15, 0.2) is 12.1 Å². The van der Waals surface area contributed by atoms with Crippen LogP contribution in [0, 0.1) is 6.92 Å². The van der Waals surface area contributed by atoms with E-state index in [4.69, 9.17) is 16.3 Å². The van der Waals surface area contributed by atoms with Crippen LogP contribution in [0.3, 0.4) is 0 Å². The van der Waals surface area contributed by atoms with Gasteiger partial charge in [0.25, 0.3) is 0 Å². The molecule has 0 fully saturated rings. The summed E-state index contributed by atoms with van der Waals surface area (Å²) in [6, 6.07) is 3.41. The molecule has 0 aliphatic carbocycles. The molecule has 1 aromatic carbocycles. The summed E-state index contributed by atoms with van der Waals surface area (Å²) < 4.78 is 9.83. The maximum atomic E-state index is 11.0. The van der Waals surface area contributed by atoms with Crippen molar-refractivity contribution in [1.82, 2.24) is 0 Å². The third-order valence-electron chi connectivity index (χ3n) is 2.00. The van der Waals surface area contributed by atoms with Crippen LogP contribution in [0.25, 0.3) is 0 Å². The molecule has 0 aliphatic heterocycles. The molecule has 1 rings (SSSR count). The van der Waals surface area contributed by atoms with Gasteiger partial charge in [0.1, 0.15) is 5.75 Å². The van der Waals surface area contributed by atoms with Crippen LogP contribution in [0.2, 0.25) is 5.02 Å². The number of carbonyl (C=O) groups excluding carboxylic acids is 1. The average Bonchev–Trinajstić information content (AvgIpc) is 2.25. The van der Waals surface area contributed by atoms with Gasteiger partial charge in [0, 0.05) is 5.69 Å². The summed E-state index contributed by atoms with van der Waals surface area (Å²) in [5, 5.41) is 3.03. The van der Waals surface area contributed by atoms with E-state index in [9.17, 15) is 4.79 Å². The highest BCUT2D eigenvalue weighted by atomic mass is 35.5. The van der Waals surface area contributed by atoms with Gasteiger partial charge in [0.15, 0.2) is 0 Å². The normalized spacial score (nSPS) is 9.75. The van der Waals surface area contributed by atoms with Crippen molar-refractivity contribution in [1.29, 1.82) is 0 Å². The lowest BCUT2D eigenvalue weighted by Crippen LogP contribution is -2.12. The summed E-state index contributed by atoms with van der Waals surface area (Å²) in [5.41, 5.74) is 1.47. The molecular formula is C11H14ClNO3. The Bertz CT molecular complexity index is 393. The first-order valence-corrected chi connectivity index (χ1v) is 5.24. The molecule has 88 valence electrons. The zero-order valence-corrected chi connectivity index (χ0v) is 10.2. The molecule has 0 unspecified atom stereocenters. The van der Waals surface area contributed by atoms with E-state index in [-0.39, 0.29) is 0 Å². The van der Waals surface area contributed by atoms with Crippen molar-refractivity contribution in [2.24, 2.45) is 0 Å². The Labute approximate surface area is 99.5 Å². The molecule has 5 heteroatoms. The summed E-state index contributed by atoms with van der Waals surface area (Å²) in [6.45, 7) is 4.28. The molecule has 0 aliphatic rings. The van der Waals surface area contributed by atoms with Gasteiger partial charge in [-0.05, 0) is 31.5 Å². The number of rotatable bonds is 3. The number of hydrogen-bond donors (Lipinski definition) is 1. The summed E-state index contributed by atoms with van der Waals surface area (Å²) in [5.74, 6) is 0.608. The lowest BCUT2D eigenvalue weighted by Gasteiger charge is -2.11. The van der Waals surface area contributed by atoms with Gasteiger partial charge in [-0.1, -0.05) is 11.6 Å². The summed E-state index contributed by atoms with van der Waals surface area (Å²) in [7, 11) is 1.31. The first-order chi connectivity index (χ1) is 7.58. The standard InChI is InChI=1S/C11H14ClNO3/c1-4-16-10-5-7(2)9(6-8(10)12)13-11(14)15-3/h5-6H,4H2,1-3H3,(H,13,14).